The Morgan fingerprint density at radius 1 is 1.19 bits per heavy atom. The molecule has 2 aromatic carbocycles. The molecular formula is C27H31Cl2NO2. The van der Waals surface area contributed by atoms with Crippen molar-refractivity contribution >= 4 is 29.1 Å². The van der Waals surface area contributed by atoms with E-state index < -0.39 is 5.41 Å². The third kappa shape index (κ3) is 5.05. The van der Waals surface area contributed by atoms with E-state index in [9.17, 15) is 4.79 Å². The van der Waals surface area contributed by atoms with Gasteiger partial charge in [-0.15, -0.1) is 6.58 Å². The van der Waals surface area contributed by atoms with Crippen LogP contribution in [0.3, 0.4) is 0 Å². The van der Waals surface area contributed by atoms with Gasteiger partial charge in [-0.05, 0) is 60.7 Å². The Labute approximate surface area is 201 Å². The zero-order valence-electron chi connectivity index (χ0n) is 18.9. The normalized spacial score (nSPS) is 24.5. The molecule has 3 nitrogen and oxygen atoms in total. The minimum Gasteiger partial charge on any atom is -0.505 e. The molecule has 5 heteroatoms. The molecule has 0 aliphatic carbocycles. The molecule has 1 saturated heterocycles. The predicted molar refractivity (Wildman–Crippen MR) is 133 cm³/mol. The Hall–Kier alpha value is -2.23. The molecule has 1 heterocycles. The minimum absolute atomic E-state index is 0.0579. The number of hydrogen-bond acceptors (Lipinski definition) is 2. The molecule has 4 atom stereocenters. The lowest BCUT2D eigenvalue weighted by Gasteiger charge is -2.51. The SMILES string of the molecule is C=CC[C@@]1(C)C[C@H](c2cccc(Cl)c2)[C@@H](c2ccc(Cl)cc2)N([C@H](C=COC)CC)C1=O. The van der Waals surface area contributed by atoms with E-state index in [2.05, 4.69) is 19.6 Å². The largest absolute Gasteiger partial charge is 0.505 e. The molecule has 0 saturated carbocycles. The van der Waals surface area contributed by atoms with Crippen molar-refractivity contribution in [3.05, 3.63) is 94.7 Å². The number of piperidine rings is 1. The highest BCUT2D eigenvalue weighted by molar-refractivity contribution is 6.30. The van der Waals surface area contributed by atoms with Gasteiger partial charge in [0.1, 0.15) is 0 Å². The second kappa shape index (κ2) is 10.6. The van der Waals surface area contributed by atoms with Crippen molar-refractivity contribution in [3.8, 4) is 0 Å². The van der Waals surface area contributed by atoms with Gasteiger partial charge in [-0.25, -0.2) is 0 Å². The third-order valence-electron chi connectivity index (χ3n) is 6.40. The standard InChI is InChI=1S/C27H31Cl2NO2/c1-5-15-27(3)18-24(20-8-7-9-22(29)17-20)25(19-10-12-21(28)13-11-19)30(26(27)31)23(6-2)14-16-32-4/h5,7-14,16-17,23-25H,1,6,15,18H2,2-4H3/t23-,24+,25+,27-/m0/s1. The van der Waals surface area contributed by atoms with Crippen LogP contribution in [0, 0.1) is 5.41 Å². The fourth-order valence-electron chi connectivity index (χ4n) is 4.85. The molecule has 2 aromatic rings. The summed E-state index contributed by atoms with van der Waals surface area (Å²) in [4.78, 5) is 16.1. The molecule has 170 valence electrons. The number of likely N-dealkylation sites (tertiary alicyclic amines) is 1. The van der Waals surface area contributed by atoms with Gasteiger partial charge in [0.25, 0.3) is 0 Å². The predicted octanol–water partition coefficient (Wildman–Crippen LogP) is 7.57. The Morgan fingerprint density at radius 2 is 1.91 bits per heavy atom. The van der Waals surface area contributed by atoms with Gasteiger partial charge < -0.3 is 9.64 Å². The van der Waals surface area contributed by atoms with E-state index in [1.165, 1.54) is 0 Å². The molecule has 0 spiro atoms. The fraction of sp³-hybridized carbons (Fsp3) is 0.370. The lowest BCUT2D eigenvalue weighted by atomic mass is 9.67. The van der Waals surface area contributed by atoms with Crippen LogP contribution in [0.4, 0.5) is 0 Å². The molecule has 1 aliphatic rings. The smallest absolute Gasteiger partial charge is 0.229 e. The maximum atomic E-state index is 14.0. The molecule has 1 aliphatic heterocycles. The van der Waals surface area contributed by atoms with Gasteiger partial charge in [-0.3, -0.25) is 4.79 Å². The van der Waals surface area contributed by atoms with Crippen LogP contribution in [0.25, 0.3) is 0 Å². The summed E-state index contributed by atoms with van der Waals surface area (Å²) in [5.41, 5.74) is 1.61. The summed E-state index contributed by atoms with van der Waals surface area (Å²) in [5, 5.41) is 1.36. The summed E-state index contributed by atoms with van der Waals surface area (Å²) < 4.78 is 5.21. The van der Waals surface area contributed by atoms with Crippen molar-refractivity contribution < 1.29 is 9.53 Å². The number of ether oxygens (including phenoxy) is 1. The molecule has 3 rings (SSSR count). The zero-order chi connectivity index (χ0) is 23.3. The van der Waals surface area contributed by atoms with Crippen LogP contribution < -0.4 is 0 Å². The number of allylic oxidation sites excluding steroid dienone is 1. The maximum Gasteiger partial charge on any atom is 0.229 e. The van der Waals surface area contributed by atoms with Crippen LogP contribution in [0.15, 0.2) is 73.5 Å². The van der Waals surface area contributed by atoms with Gasteiger partial charge in [-0.1, -0.05) is 67.4 Å². The first-order chi connectivity index (χ1) is 15.3. The molecule has 32 heavy (non-hydrogen) atoms. The molecule has 0 radical (unpaired) electrons. The Bertz CT molecular complexity index is 972. The number of amides is 1. The summed E-state index contributed by atoms with van der Waals surface area (Å²) in [6.07, 6.45) is 7.55. The van der Waals surface area contributed by atoms with Crippen molar-refractivity contribution in [2.75, 3.05) is 7.11 Å². The first-order valence-corrected chi connectivity index (χ1v) is 11.7. The maximum absolute atomic E-state index is 14.0. The second-order valence-corrected chi connectivity index (χ2v) is 9.54. The van der Waals surface area contributed by atoms with Gasteiger partial charge in [0, 0.05) is 16.0 Å². The molecule has 0 bridgehead atoms. The molecule has 1 fully saturated rings. The van der Waals surface area contributed by atoms with E-state index in [1.807, 2.05) is 66.4 Å². The topological polar surface area (TPSA) is 29.5 Å². The number of hydrogen-bond donors (Lipinski definition) is 0. The minimum atomic E-state index is -0.564. The van der Waals surface area contributed by atoms with Gasteiger partial charge in [0.2, 0.25) is 5.91 Å². The third-order valence-corrected chi connectivity index (χ3v) is 6.88. The van der Waals surface area contributed by atoms with E-state index >= 15 is 0 Å². The van der Waals surface area contributed by atoms with E-state index in [1.54, 1.807) is 13.4 Å². The van der Waals surface area contributed by atoms with Crippen LogP contribution in [0.1, 0.15) is 56.2 Å². The van der Waals surface area contributed by atoms with Crippen molar-refractivity contribution in [2.24, 2.45) is 5.41 Å². The summed E-state index contributed by atoms with van der Waals surface area (Å²) in [5.74, 6) is 0.186. The zero-order valence-corrected chi connectivity index (χ0v) is 20.4. The highest BCUT2D eigenvalue weighted by atomic mass is 35.5. The monoisotopic (exact) mass is 471 g/mol. The molecule has 0 aromatic heterocycles. The fourth-order valence-corrected chi connectivity index (χ4v) is 5.17. The number of rotatable bonds is 8. The van der Waals surface area contributed by atoms with Crippen molar-refractivity contribution in [3.63, 3.8) is 0 Å². The summed E-state index contributed by atoms with van der Waals surface area (Å²) in [6.45, 7) is 8.07. The van der Waals surface area contributed by atoms with Gasteiger partial charge in [0.05, 0.1) is 30.9 Å². The van der Waals surface area contributed by atoms with Gasteiger partial charge in [-0.2, -0.15) is 0 Å². The lowest BCUT2D eigenvalue weighted by molar-refractivity contribution is -0.153. The van der Waals surface area contributed by atoms with E-state index in [-0.39, 0.29) is 23.9 Å². The number of carbonyl (C=O) groups excluding carboxylic acids is 1. The Morgan fingerprint density at radius 3 is 2.50 bits per heavy atom. The number of methoxy groups -OCH3 is 1. The molecule has 0 unspecified atom stereocenters. The molecule has 1 amide bonds. The molecular weight excluding hydrogens is 441 g/mol. The number of benzene rings is 2. The quantitative estimate of drug-likeness (QED) is 0.293. The lowest BCUT2D eigenvalue weighted by Crippen LogP contribution is -2.55. The van der Waals surface area contributed by atoms with E-state index in [0.29, 0.717) is 22.9 Å². The number of halogens is 2. The summed E-state index contributed by atoms with van der Waals surface area (Å²) in [6, 6.07) is 15.5. The first-order valence-electron chi connectivity index (χ1n) is 11.0. The first kappa shape index (κ1) is 24.4. The highest BCUT2D eigenvalue weighted by Crippen LogP contribution is 2.52. The van der Waals surface area contributed by atoms with Crippen LogP contribution in [0.5, 0.6) is 0 Å². The number of carbonyl (C=O) groups is 1. The van der Waals surface area contributed by atoms with Crippen LogP contribution >= 0.6 is 23.2 Å². The van der Waals surface area contributed by atoms with Crippen LogP contribution in [-0.4, -0.2) is 24.0 Å². The van der Waals surface area contributed by atoms with Crippen LogP contribution in [0.2, 0.25) is 10.0 Å². The summed E-state index contributed by atoms with van der Waals surface area (Å²) >= 11 is 12.6. The van der Waals surface area contributed by atoms with Crippen molar-refractivity contribution in [2.45, 2.75) is 51.1 Å². The Balaban J connectivity index is 2.23. The number of nitrogens with zero attached hydrogens (tertiary/aromatic N) is 1. The highest BCUT2D eigenvalue weighted by Gasteiger charge is 2.50. The average Bonchev–Trinajstić information content (AvgIpc) is 2.77. The summed E-state index contributed by atoms with van der Waals surface area (Å²) in [7, 11) is 1.62. The Kier molecular flexibility index (Phi) is 8.08. The second-order valence-electron chi connectivity index (χ2n) is 8.67. The van der Waals surface area contributed by atoms with Gasteiger partial charge >= 0.3 is 0 Å². The van der Waals surface area contributed by atoms with E-state index in [0.717, 1.165) is 17.5 Å². The molecule has 0 N–H and O–H groups in total. The van der Waals surface area contributed by atoms with Crippen molar-refractivity contribution in [1.29, 1.82) is 0 Å². The van der Waals surface area contributed by atoms with Crippen molar-refractivity contribution in [1.82, 2.24) is 4.90 Å². The van der Waals surface area contributed by atoms with Crippen LogP contribution in [-0.2, 0) is 9.53 Å². The van der Waals surface area contributed by atoms with E-state index in [4.69, 9.17) is 27.9 Å². The van der Waals surface area contributed by atoms with Gasteiger partial charge in [0.15, 0.2) is 0 Å². The average molecular weight is 472 g/mol.